The summed E-state index contributed by atoms with van der Waals surface area (Å²) in [5.74, 6) is -0.440. The molecule has 0 radical (unpaired) electrons. The van der Waals surface area contributed by atoms with Gasteiger partial charge in [0.1, 0.15) is 0 Å². The SMILES string of the molecule is CC(C)(C)NC(=O)CNC(=O)CC(N)c1ccccc1.Cl. The van der Waals surface area contributed by atoms with E-state index >= 15 is 0 Å². The highest BCUT2D eigenvalue weighted by molar-refractivity contribution is 5.85. The molecule has 0 spiro atoms. The van der Waals surface area contributed by atoms with Crippen LogP contribution in [0.2, 0.25) is 0 Å². The summed E-state index contributed by atoms with van der Waals surface area (Å²) < 4.78 is 0. The van der Waals surface area contributed by atoms with E-state index in [2.05, 4.69) is 10.6 Å². The van der Waals surface area contributed by atoms with Gasteiger partial charge in [-0.2, -0.15) is 0 Å². The average Bonchev–Trinajstić information content (AvgIpc) is 2.35. The lowest BCUT2D eigenvalue weighted by Crippen LogP contribution is -2.46. The van der Waals surface area contributed by atoms with Crippen molar-refractivity contribution in [2.45, 2.75) is 38.8 Å². The molecule has 21 heavy (non-hydrogen) atoms. The highest BCUT2D eigenvalue weighted by Crippen LogP contribution is 2.12. The lowest BCUT2D eigenvalue weighted by Gasteiger charge is -2.20. The number of nitrogens with one attached hydrogen (secondary N) is 2. The van der Waals surface area contributed by atoms with Crippen LogP contribution in [-0.2, 0) is 9.59 Å². The number of benzene rings is 1. The van der Waals surface area contributed by atoms with Crippen molar-refractivity contribution in [2.24, 2.45) is 5.73 Å². The molecule has 1 aromatic carbocycles. The molecular formula is C15H24ClN3O2. The fourth-order valence-electron chi connectivity index (χ4n) is 1.73. The second kappa shape index (κ2) is 8.64. The maximum Gasteiger partial charge on any atom is 0.239 e. The minimum atomic E-state index is -0.359. The molecule has 1 aromatic rings. The predicted molar refractivity (Wildman–Crippen MR) is 86.1 cm³/mol. The molecule has 0 saturated carbocycles. The van der Waals surface area contributed by atoms with Gasteiger partial charge >= 0.3 is 0 Å². The van der Waals surface area contributed by atoms with Crippen molar-refractivity contribution in [1.29, 1.82) is 0 Å². The summed E-state index contributed by atoms with van der Waals surface area (Å²) in [4.78, 5) is 23.3. The Balaban J connectivity index is 0.00000400. The quantitative estimate of drug-likeness (QED) is 0.770. The van der Waals surface area contributed by atoms with Gasteiger partial charge in [0.25, 0.3) is 0 Å². The molecule has 0 fully saturated rings. The zero-order valence-electron chi connectivity index (χ0n) is 12.7. The van der Waals surface area contributed by atoms with Crippen molar-refractivity contribution in [2.75, 3.05) is 6.54 Å². The Labute approximate surface area is 132 Å². The number of nitrogens with two attached hydrogens (primary N) is 1. The van der Waals surface area contributed by atoms with Crippen molar-refractivity contribution in [3.63, 3.8) is 0 Å². The topological polar surface area (TPSA) is 84.2 Å². The van der Waals surface area contributed by atoms with Gasteiger partial charge in [0, 0.05) is 18.0 Å². The van der Waals surface area contributed by atoms with Crippen LogP contribution in [0.15, 0.2) is 30.3 Å². The molecule has 0 aliphatic rings. The van der Waals surface area contributed by atoms with Crippen LogP contribution in [-0.4, -0.2) is 23.9 Å². The number of rotatable bonds is 5. The van der Waals surface area contributed by atoms with E-state index in [-0.39, 0.29) is 48.8 Å². The number of amides is 2. The first kappa shape index (κ1) is 19.4. The zero-order valence-corrected chi connectivity index (χ0v) is 13.5. The molecule has 0 aromatic heterocycles. The largest absolute Gasteiger partial charge is 0.350 e. The molecule has 0 bridgehead atoms. The Morgan fingerprint density at radius 1 is 1.14 bits per heavy atom. The molecule has 0 aliphatic heterocycles. The smallest absolute Gasteiger partial charge is 0.239 e. The van der Waals surface area contributed by atoms with Crippen LogP contribution in [0.4, 0.5) is 0 Å². The van der Waals surface area contributed by atoms with Gasteiger partial charge in [0.15, 0.2) is 0 Å². The van der Waals surface area contributed by atoms with E-state index in [1.807, 2.05) is 51.1 Å². The normalized spacial score (nSPS) is 12.0. The van der Waals surface area contributed by atoms with Gasteiger partial charge in [0.05, 0.1) is 6.54 Å². The summed E-state index contributed by atoms with van der Waals surface area (Å²) >= 11 is 0. The molecule has 0 saturated heterocycles. The lowest BCUT2D eigenvalue weighted by molar-refractivity contribution is -0.127. The Hall–Kier alpha value is -1.59. The predicted octanol–water partition coefficient (Wildman–Crippen LogP) is 1.53. The van der Waals surface area contributed by atoms with Gasteiger partial charge < -0.3 is 16.4 Å². The van der Waals surface area contributed by atoms with E-state index in [4.69, 9.17) is 5.73 Å². The van der Waals surface area contributed by atoms with Gasteiger partial charge in [0.2, 0.25) is 11.8 Å². The Morgan fingerprint density at radius 3 is 2.24 bits per heavy atom. The molecule has 4 N–H and O–H groups in total. The van der Waals surface area contributed by atoms with Crippen molar-refractivity contribution in [3.8, 4) is 0 Å². The number of carbonyl (C=O) groups excluding carboxylic acids is 2. The van der Waals surface area contributed by atoms with Crippen LogP contribution < -0.4 is 16.4 Å². The third kappa shape index (κ3) is 8.32. The molecule has 0 heterocycles. The Kier molecular flexibility index (Phi) is 7.99. The maximum absolute atomic E-state index is 11.7. The van der Waals surface area contributed by atoms with Crippen molar-refractivity contribution in [3.05, 3.63) is 35.9 Å². The van der Waals surface area contributed by atoms with Crippen LogP contribution in [0, 0.1) is 0 Å². The van der Waals surface area contributed by atoms with E-state index in [1.54, 1.807) is 0 Å². The first-order valence-corrected chi connectivity index (χ1v) is 6.66. The van der Waals surface area contributed by atoms with Gasteiger partial charge in [-0.05, 0) is 26.3 Å². The summed E-state index contributed by atoms with van der Waals surface area (Å²) in [5.41, 5.74) is 6.54. The van der Waals surface area contributed by atoms with E-state index in [9.17, 15) is 9.59 Å². The van der Waals surface area contributed by atoms with Gasteiger partial charge in [-0.3, -0.25) is 9.59 Å². The van der Waals surface area contributed by atoms with Gasteiger partial charge in [-0.25, -0.2) is 0 Å². The molecule has 118 valence electrons. The second-order valence-electron chi connectivity index (χ2n) is 5.80. The highest BCUT2D eigenvalue weighted by Gasteiger charge is 2.15. The van der Waals surface area contributed by atoms with Crippen LogP contribution in [0.25, 0.3) is 0 Å². The zero-order chi connectivity index (χ0) is 15.2. The number of carbonyl (C=O) groups is 2. The van der Waals surface area contributed by atoms with E-state index in [0.29, 0.717) is 0 Å². The van der Waals surface area contributed by atoms with E-state index in [1.165, 1.54) is 0 Å². The van der Waals surface area contributed by atoms with E-state index in [0.717, 1.165) is 5.56 Å². The first-order chi connectivity index (χ1) is 9.28. The summed E-state index contributed by atoms with van der Waals surface area (Å²) in [5, 5.41) is 5.35. The minimum absolute atomic E-state index is 0. The second-order valence-corrected chi connectivity index (χ2v) is 5.80. The molecule has 0 aliphatic carbocycles. The molecule has 6 heteroatoms. The standard InChI is InChI=1S/C15H23N3O2.ClH/c1-15(2,3)18-14(20)10-17-13(19)9-12(16)11-7-5-4-6-8-11;/h4-8,12H,9-10,16H2,1-3H3,(H,17,19)(H,18,20);1H. The highest BCUT2D eigenvalue weighted by atomic mass is 35.5. The Bertz CT molecular complexity index is 458. The Morgan fingerprint density at radius 2 is 1.71 bits per heavy atom. The van der Waals surface area contributed by atoms with Crippen LogP contribution in [0.1, 0.15) is 38.8 Å². The average molecular weight is 314 g/mol. The lowest BCUT2D eigenvalue weighted by atomic mass is 10.0. The minimum Gasteiger partial charge on any atom is -0.350 e. The molecular weight excluding hydrogens is 290 g/mol. The fourth-order valence-corrected chi connectivity index (χ4v) is 1.73. The van der Waals surface area contributed by atoms with Gasteiger partial charge in [-0.15, -0.1) is 12.4 Å². The molecule has 1 rings (SSSR count). The summed E-state index contributed by atoms with van der Waals surface area (Å²) in [6.45, 7) is 5.63. The van der Waals surface area contributed by atoms with Crippen molar-refractivity contribution < 1.29 is 9.59 Å². The van der Waals surface area contributed by atoms with Crippen LogP contribution >= 0.6 is 12.4 Å². The molecule has 1 atom stereocenters. The monoisotopic (exact) mass is 313 g/mol. The fraction of sp³-hybridized carbons (Fsp3) is 0.467. The third-order valence-corrected chi connectivity index (χ3v) is 2.59. The number of hydrogen-bond acceptors (Lipinski definition) is 3. The van der Waals surface area contributed by atoms with Crippen LogP contribution in [0.3, 0.4) is 0 Å². The maximum atomic E-state index is 11.7. The summed E-state index contributed by atoms with van der Waals surface area (Å²) in [6, 6.07) is 9.05. The third-order valence-electron chi connectivity index (χ3n) is 2.59. The molecule has 2 amide bonds. The van der Waals surface area contributed by atoms with Gasteiger partial charge in [-0.1, -0.05) is 30.3 Å². The first-order valence-electron chi connectivity index (χ1n) is 6.66. The number of halogens is 1. The summed E-state index contributed by atoms with van der Waals surface area (Å²) in [7, 11) is 0. The van der Waals surface area contributed by atoms with Crippen molar-refractivity contribution >= 4 is 24.2 Å². The van der Waals surface area contributed by atoms with E-state index < -0.39 is 0 Å². The van der Waals surface area contributed by atoms with Crippen molar-refractivity contribution in [1.82, 2.24) is 10.6 Å². The summed E-state index contributed by atoms with van der Waals surface area (Å²) in [6.07, 6.45) is 0.160. The number of hydrogen-bond donors (Lipinski definition) is 3. The van der Waals surface area contributed by atoms with Crippen LogP contribution in [0.5, 0.6) is 0 Å². The molecule has 1 unspecified atom stereocenters. The molecule has 5 nitrogen and oxygen atoms in total.